The number of nitrogens with one attached hydrogen (secondary N) is 1. The predicted octanol–water partition coefficient (Wildman–Crippen LogP) is 6.21. The second kappa shape index (κ2) is 11.5. The van der Waals surface area contributed by atoms with Crippen LogP contribution in [-0.2, 0) is 21.9 Å². The van der Waals surface area contributed by atoms with Crippen LogP contribution in [0.1, 0.15) is 38.8 Å². The van der Waals surface area contributed by atoms with Crippen LogP contribution >= 0.6 is 46.6 Å². The Morgan fingerprint density at radius 1 is 1.06 bits per heavy atom. The molecule has 1 N–H and O–H groups in total. The highest BCUT2D eigenvalue weighted by Crippen LogP contribution is 2.24. The fourth-order valence-electron chi connectivity index (χ4n) is 2.86. The van der Waals surface area contributed by atoms with Gasteiger partial charge in [0.25, 0.3) is 0 Å². The Labute approximate surface area is 203 Å². The molecule has 2 amide bonds. The van der Waals surface area contributed by atoms with Crippen molar-refractivity contribution < 1.29 is 9.59 Å². The number of hydrogen-bond acceptors (Lipinski definition) is 3. The largest absolute Gasteiger partial charge is 0.350 e. The number of rotatable bonds is 8. The van der Waals surface area contributed by atoms with Gasteiger partial charge in [-0.05, 0) is 63.1 Å². The molecule has 168 valence electrons. The molecule has 2 aromatic carbocycles. The molecule has 2 aromatic rings. The van der Waals surface area contributed by atoms with Crippen molar-refractivity contribution in [2.24, 2.45) is 0 Å². The number of halogens is 3. The van der Waals surface area contributed by atoms with Gasteiger partial charge in [0, 0.05) is 32.9 Å². The van der Waals surface area contributed by atoms with Crippen LogP contribution in [0.25, 0.3) is 0 Å². The number of carbonyl (C=O) groups excluding carboxylic acids is 2. The maximum absolute atomic E-state index is 13.1. The van der Waals surface area contributed by atoms with E-state index >= 15 is 0 Å². The molecule has 0 aromatic heterocycles. The molecule has 0 aliphatic rings. The zero-order chi connectivity index (χ0) is 23.2. The van der Waals surface area contributed by atoms with Gasteiger partial charge >= 0.3 is 0 Å². The molecule has 1 atom stereocenters. The molecule has 0 heterocycles. The van der Waals surface area contributed by atoms with Crippen LogP contribution in [0.15, 0.2) is 42.5 Å². The summed E-state index contributed by atoms with van der Waals surface area (Å²) in [6.45, 7) is 7.65. The Morgan fingerprint density at radius 2 is 1.74 bits per heavy atom. The molecule has 2 rings (SSSR count). The summed E-state index contributed by atoms with van der Waals surface area (Å²) in [5.41, 5.74) is 1.37. The Bertz CT molecular complexity index is 931. The summed E-state index contributed by atoms with van der Waals surface area (Å²) in [5, 5.41) is 4.58. The van der Waals surface area contributed by atoms with Crippen molar-refractivity contribution in [2.45, 2.75) is 51.6 Å². The van der Waals surface area contributed by atoms with Crippen LogP contribution < -0.4 is 5.32 Å². The highest BCUT2D eigenvalue weighted by atomic mass is 35.5. The van der Waals surface area contributed by atoms with E-state index in [-0.39, 0.29) is 24.1 Å². The third kappa shape index (κ3) is 8.57. The molecule has 0 saturated heterocycles. The molecule has 0 saturated carbocycles. The molecule has 4 nitrogen and oxygen atoms in total. The van der Waals surface area contributed by atoms with E-state index in [1.807, 2.05) is 45.0 Å². The van der Waals surface area contributed by atoms with Gasteiger partial charge in [0.05, 0.1) is 5.75 Å². The van der Waals surface area contributed by atoms with Crippen molar-refractivity contribution in [1.82, 2.24) is 10.2 Å². The SMILES string of the molecule is C[C@H](C(=O)NC(C)(C)C)N(Cc1ccc(Cl)cc1Cl)C(=O)CSCc1cccc(Cl)c1. The van der Waals surface area contributed by atoms with Gasteiger partial charge in [0.2, 0.25) is 11.8 Å². The Morgan fingerprint density at radius 3 is 2.35 bits per heavy atom. The smallest absolute Gasteiger partial charge is 0.242 e. The zero-order valence-electron chi connectivity index (χ0n) is 18.0. The van der Waals surface area contributed by atoms with Crippen molar-refractivity contribution in [1.29, 1.82) is 0 Å². The van der Waals surface area contributed by atoms with Gasteiger partial charge in [-0.15, -0.1) is 11.8 Å². The topological polar surface area (TPSA) is 49.4 Å². The summed E-state index contributed by atoms with van der Waals surface area (Å²) in [5.74, 6) is 0.510. The average Bonchev–Trinajstić information content (AvgIpc) is 2.65. The van der Waals surface area contributed by atoms with Crippen molar-refractivity contribution in [3.63, 3.8) is 0 Å². The number of nitrogens with zero attached hydrogens (tertiary/aromatic N) is 1. The van der Waals surface area contributed by atoms with Gasteiger partial charge < -0.3 is 10.2 Å². The molecule has 0 fully saturated rings. The van der Waals surface area contributed by atoms with Crippen molar-refractivity contribution in [3.05, 3.63) is 68.7 Å². The van der Waals surface area contributed by atoms with Crippen LogP contribution in [0.5, 0.6) is 0 Å². The van der Waals surface area contributed by atoms with Gasteiger partial charge in [-0.2, -0.15) is 0 Å². The summed E-state index contributed by atoms with van der Waals surface area (Å²) in [6.07, 6.45) is 0. The first-order valence-corrected chi connectivity index (χ1v) is 12.1. The standard InChI is InChI=1S/C23H27Cl3N2O2S/c1-15(22(30)27-23(2,3)4)28(12-17-8-9-19(25)11-20(17)26)21(29)14-31-13-16-6-5-7-18(24)10-16/h5-11,15H,12-14H2,1-4H3,(H,27,30)/t15-/m1/s1. The van der Waals surface area contributed by atoms with E-state index < -0.39 is 11.6 Å². The highest BCUT2D eigenvalue weighted by molar-refractivity contribution is 7.99. The van der Waals surface area contributed by atoms with Crippen molar-refractivity contribution >= 4 is 58.4 Å². The summed E-state index contributed by atoms with van der Waals surface area (Å²) in [6, 6.07) is 12.0. The van der Waals surface area contributed by atoms with E-state index in [2.05, 4.69) is 5.32 Å². The highest BCUT2D eigenvalue weighted by Gasteiger charge is 2.28. The summed E-state index contributed by atoms with van der Waals surface area (Å²) in [7, 11) is 0. The second-order valence-corrected chi connectivity index (χ2v) is 10.6. The number of carbonyl (C=O) groups is 2. The van der Waals surface area contributed by atoms with Gasteiger partial charge in [-0.1, -0.05) is 53.0 Å². The second-order valence-electron chi connectivity index (χ2n) is 8.30. The third-order valence-corrected chi connectivity index (χ3v) is 6.22. The lowest BCUT2D eigenvalue weighted by molar-refractivity contribution is -0.139. The van der Waals surface area contributed by atoms with E-state index in [4.69, 9.17) is 34.8 Å². The lowest BCUT2D eigenvalue weighted by Gasteiger charge is -2.31. The van der Waals surface area contributed by atoms with E-state index in [0.717, 1.165) is 11.1 Å². The first kappa shape index (κ1) is 25.9. The molecule has 31 heavy (non-hydrogen) atoms. The minimum atomic E-state index is -0.662. The fourth-order valence-corrected chi connectivity index (χ4v) is 4.39. The molecule has 0 spiro atoms. The van der Waals surface area contributed by atoms with Gasteiger partial charge in [-0.25, -0.2) is 0 Å². The van der Waals surface area contributed by atoms with E-state index in [1.54, 1.807) is 30.0 Å². The Balaban J connectivity index is 2.14. The molecule has 8 heteroatoms. The average molecular weight is 502 g/mol. The molecule has 0 radical (unpaired) electrons. The Hall–Kier alpha value is -1.40. The minimum Gasteiger partial charge on any atom is -0.350 e. The Kier molecular flexibility index (Phi) is 9.56. The number of amides is 2. The van der Waals surface area contributed by atoms with E-state index in [0.29, 0.717) is 20.8 Å². The molecular formula is C23H27Cl3N2O2S. The first-order chi connectivity index (χ1) is 14.5. The van der Waals surface area contributed by atoms with Crippen LogP contribution in [-0.4, -0.2) is 34.0 Å². The van der Waals surface area contributed by atoms with Crippen molar-refractivity contribution in [3.8, 4) is 0 Å². The van der Waals surface area contributed by atoms with E-state index in [1.165, 1.54) is 11.8 Å². The number of thioether (sulfide) groups is 1. The first-order valence-electron chi connectivity index (χ1n) is 9.84. The van der Waals surface area contributed by atoms with Gasteiger partial charge in [0.15, 0.2) is 0 Å². The summed E-state index contributed by atoms with van der Waals surface area (Å²) >= 11 is 19.8. The normalized spacial score (nSPS) is 12.4. The molecule has 0 unspecified atom stereocenters. The van der Waals surface area contributed by atoms with Crippen LogP contribution in [0.3, 0.4) is 0 Å². The fraction of sp³-hybridized carbons (Fsp3) is 0.391. The third-order valence-electron chi connectivity index (χ3n) is 4.40. The van der Waals surface area contributed by atoms with Crippen molar-refractivity contribution in [2.75, 3.05) is 5.75 Å². The van der Waals surface area contributed by atoms with Crippen LogP contribution in [0.4, 0.5) is 0 Å². The van der Waals surface area contributed by atoms with Gasteiger partial charge in [0.1, 0.15) is 6.04 Å². The lowest BCUT2D eigenvalue weighted by Crippen LogP contribution is -2.52. The molecular weight excluding hydrogens is 475 g/mol. The monoisotopic (exact) mass is 500 g/mol. The maximum Gasteiger partial charge on any atom is 0.242 e. The van der Waals surface area contributed by atoms with Gasteiger partial charge in [-0.3, -0.25) is 9.59 Å². The van der Waals surface area contributed by atoms with E-state index in [9.17, 15) is 9.59 Å². The predicted molar refractivity (Wildman–Crippen MR) is 132 cm³/mol. The van der Waals surface area contributed by atoms with Crippen LogP contribution in [0, 0.1) is 0 Å². The maximum atomic E-state index is 13.1. The summed E-state index contributed by atoms with van der Waals surface area (Å²) < 4.78 is 0. The quantitative estimate of drug-likeness (QED) is 0.468. The number of benzene rings is 2. The zero-order valence-corrected chi connectivity index (χ0v) is 21.1. The molecule has 0 aliphatic carbocycles. The summed E-state index contributed by atoms with van der Waals surface area (Å²) in [4.78, 5) is 27.5. The number of hydrogen-bond donors (Lipinski definition) is 1. The molecule has 0 bridgehead atoms. The molecule has 0 aliphatic heterocycles. The van der Waals surface area contributed by atoms with Crippen LogP contribution in [0.2, 0.25) is 15.1 Å². The lowest BCUT2D eigenvalue weighted by atomic mass is 10.1. The minimum absolute atomic E-state index is 0.144.